The van der Waals surface area contributed by atoms with Gasteiger partial charge in [0.2, 0.25) is 0 Å². The van der Waals surface area contributed by atoms with E-state index in [2.05, 4.69) is 0 Å². The number of hydrogen-bond donors (Lipinski definition) is 1. The van der Waals surface area contributed by atoms with Crippen LogP contribution in [-0.4, -0.2) is 35.0 Å². The minimum atomic E-state index is -1.05. The van der Waals surface area contributed by atoms with Gasteiger partial charge >= 0.3 is 5.97 Å². The summed E-state index contributed by atoms with van der Waals surface area (Å²) in [6.45, 7) is 3.63. The lowest BCUT2D eigenvalue weighted by molar-refractivity contribution is -0.143. The molecule has 1 rings (SSSR count). The van der Waals surface area contributed by atoms with Crippen LogP contribution < -0.4 is 0 Å². The average molecular weight is 267 g/mol. The van der Waals surface area contributed by atoms with Crippen molar-refractivity contribution in [2.24, 2.45) is 5.92 Å². The van der Waals surface area contributed by atoms with Gasteiger partial charge in [0, 0.05) is 12.6 Å². The molecular weight excluding hydrogens is 249 g/mol. The largest absolute Gasteiger partial charge is 0.480 e. The van der Waals surface area contributed by atoms with Gasteiger partial charge in [-0.1, -0.05) is 26.3 Å². The van der Waals surface area contributed by atoms with E-state index in [0.29, 0.717) is 6.42 Å². The monoisotopic (exact) mass is 267 g/mol. The Balaban J connectivity index is 3.00. The fraction of sp³-hybridized carbons (Fsp3) is 0.429. The number of carbonyl (C=O) groups excluding carboxylic acids is 1. The Morgan fingerprint density at radius 1 is 1.42 bits per heavy atom. The van der Waals surface area contributed by atoms with Crippen molar-refractivity contribution in [1.82, 2.24) is 4.90 Å². The first kappa shape index (κ1) is 15.1. The normalized spacial score (nSPS) is 13.7. The first-order valence-corrected chi connectivity index (χ1v) is 6.14. The molecule has 0 radical (unpaired) electrons. The average Bonchev–Trinajstić information content (AvgIpc) is 2.37. The number of carbonyl (C=O) groups is 2. The molecule has 19 heavy (non-hydrogen) atoms. The molecule has 0 aromatic heterocycles. The van der Waals surface area contributed by atoms with E-state index in [9.17, 15) is 19.1 Å². The lowest BCUT2D eigenvalue weighted by Crippen LogP contribution is -2.46. The molecule has 2 unspecified atom stereocenters. The van der Waals surface area contributed by atoms with Crippen LogP contribution >= 0.6 is 0 Å². The van der Waals surface area contributed by atoms with Crippen molar-refractivity contribution in [1.29, 1.82) is 0 Å². The fourth-order valence-electron chi connectivity index (χ4n) is 1.97. The Morgan fingerprint density at radius 2 is 2.05 bits per heavy atom. The van der Waals surface area contributed by atoms with E-state index >= 15 is 0 Å². The molecule has 1 amide bonds. The first-order valence-electron chi connectivity index (χ1n) is 6.14. The van der Waals surface area contributed by atoms with Crippen molar-refractivity contribution in [2.45, 2.75) is 26.3 Å². The molecule has 104 valence electrons. The molecule has 1 aromatic carbocycles. The maximum Gasteiger partial charge on any atom is 0.326 e. The molecule has 0 aliphatic heterocycles. The third-order valence-corrected chi connectivity index (χ3v) is 3.25. The van der Waals surface area contributed by atoms with E-state index in [1.54, 1.807) is 6.92 Å². The van der Waals surface area contributed by atoms with E-state index in [1.165, 1.54) is 25.2 Å². The van der Waals surface area contributed by atoms with Gasteiger partial charge < -0.3 is 10.0 Å². The summed E-state index contributed by atoms with van der Waals surface area (Å²) in [6, 6.07) is 4.32. The molecule has 1 aromatic rings. The zero-order valence-electron chi connectivity index (χ0n) is 11.3. The number of rotatable bonds is 5. The Bertz CT molecular complexity index is 476. The third-order valence-electron chi connectivity index (χ3n) is 3.25. The molecule has 0 saturated carbocycles. The summed E-state index contributed by atoms with van der Waals surface area (Å²) < 4.78 is 13.1. The fourth-order valence-corrected chi connectivity index (χ4v) is 1.97. The minimum absolute atomic E-state index is 0.150. The summed E-state index contributed by atoms with van der Waals surface area (Å²) in [5.41, 5.74) is 0.150. The quantitative estimate of drug-likeness (QED) is 0.891. The highest BCUT2D eigenvalue weighted by Crippen LogP contribution is 2.17. The van der Waals surface area contributed by atoms with E-state index in [0.717, 1.165) is 11.0 Å². The number of likely N-dealkylation sites (N-methyl/N-ethyl adjacent to an activating group) is 1. The number of benzene rings is 1. The van der Waals surface area contributed by atoms with Gasteiger partial charge in [-0.15, -0.1) is 0 Å². The van der Waals surface area contributed by atoms with Crippen molar-refractivity contribution in [3.05, 3.63) is 35.6 Å². The van der Waals surface area contributed by atoms with E-state index in [-0.39, 0.29) is 11.5 Å². The Kier molecular flexibility index (Phi) is 5.03. The maximum atomic E-state index is 13.1. The second-order valence-electron chi connectivity index (χ2n) is 4.60. The van der Waals surface area contributed by atoms with Gasteiger partial charge in [-0.2, -0.15) is 0 Å². The minimum Gasteiger partial charge on any atom is -0.480 e. The Hall–Kier alpha value is -1.91. The molecular formula is C14H18FNO3. The van der Waals surface area contributed by atoms with Crippen molar-refractivity contribution in [3.8, 4) is 0 Å². The smallest absolute Gasteiger partial charge is 0.326 e. The van der Waals surface area contributed by atoms with Crippen LogP contribution in [0.15, 0.2) is 24.3 Å². The summed E-state index contributed by atoms with van der Waals surface area (Å²) in [6.07, 6.45) is 0.637. The van der Waals surface area contributed by atoms with E-state index in [1.807, 2.05) is 6.92 Å². The summed E-state index contributed by atoms with van der Waals surface area (Å²) in [5, 5.41) is 9.23. The summed E-state index contributed by atoms with van der Waals surface area (Å²) >= 11 is 0. The number of carboxylic acid groups (broad SMARTS) is 1. The summed E-state index contributed by atoms with van der Waals surface area (Å²) in [5.74, 6) is -2.25. The number of halogens is 1. The number of aliphatic carboxylic acids is 1. The number of amides is 1. The van der Waals surface area contributed by atoms with Crippen molar-refractivity contribution >= 4 is 11.9 Å². The SMILES string of the molecule is CCC(C)C(C(=O)O)N(C)C(=O)c1cccc(F)c1. The van der Waals surface area contributed by atoms with Crippen molar-refractivity contribution in [2.75, 3.05) is 7.05 Å². The second-order valence-corrected chi connectivity index (χ2v) is 4.60. The van der Waals surface area contributed by atoms with E-state index < -0.39 is 23.7 Å². The van der Waals surface area contributed by atoms with Crippen LogP contribution in [0.1, 0.15) is 30.6 Å². The van der Waals surface area contributed by atoms with E-state index in [4.69, 9.17) is 0 Å². The molecule has 4 nitrogen and oxygen atoms in total. The molecule has 0 aliphatic rings. The van der Waals surface area contributed by atoms with Crippen molar-refractivity contribution in [3.63, 3.8) is 0 Å². The van der Waals surface area contributed by atoms with Gasteiger partial charge in [-0.3, -0.25) is 4.79 Å². The zero-order valence-corrected chi connectivity index (χ0v) is 11.3. The van der Waals surface area contributed by atoms with Crippen LogP contribution in [0.25, 0.3) is 0 Å². The molecule has 0 fully saturated rings. The maximum absolute atomic E-state index is 13.1. The highest BCUT2D eigenvalue weighted by molar-refractivity contribution is 5.96. The number of carboxylic acids is 1. The Labute approximate surface area is 111 Å². The highest BCUT2D eigenvalue weighted by atomic mass is 19.1. The standard InChI is InChI=1S/C14H18FNO3/c1-4-9(2)12(14(18)19)16(3)13(17)10-6-5-7-11(15)8-10/h5-9,12H,4H2,1-3H3,(H,18,19). The van der Waals surface area contributed by atoms with Crippen molar-refractivity contribution < 1.29 is 19.1 Å². The van der Waals surface area contributed by atoms with Gasteiger partial charge in [0.1, 0.15) is 11.9 Å². The topological polar surface area (TPSA) is 57.6 Å². The van der Waals surface area contributed by atoms with Crippen LogP contribution in [0.3, 0.4) is 0 Å². The highest BCUT2D eigenvalue weighted by Gasteiger charge is 2.31. The molecule has 0 spiro atoms. The van der Waals surface area contributed by atoms with Crippen LogP contribution in [-0.2, 0) is 4.79 Å². The van der Waals surface area contributed by atoms with Gasteiger partial charge in [0.25, 0.3) is 5.91 Å². The number of nitrogens with zero attached hydrogens (tertiary/aromatic N) is 1. The molecule has 0 bridgehead atoms. The van der Waals surface area contributed by atoms with Crippen LogP contribution in [0.2, 0.25) is 0 Å². The predicted octanol–water partition coefficient (Wildman–Crippen LogP) is 2.40. The molecule has 0 heterocycles. The zero-order chi connectivity index (χ0) is 14.6. The summed E-state index contributed by atoms with van der Waals surface area (Å²) in [4.78, 5) is 24.6. The summed E-state index contributed by atoms with van der Waals surface area (Å²) in [7, 11) is 1.43. The lowest BCUT2D eigenvalue weighted by Gasteiger charge is -2.29. The van der Waals surface area contributed by atoms with Gasteiger partial charge in [0.05, 0.1) is 0 Å². The first-order chi connectivity index (χ1) is 8.88. The predicted molar refractivity (Wildman–Crippen MR) is 69.4 cm³/mol. The molecule has 1 N–H and O–H groups in total. The lowest BCUT2D eigenvalue weighted by atomic mass is 9.97. The Morgan fingerprint density at radius 3 is 2.53 bits per heavy atom. The van der Waals surface area contributed by atoms with Crippen LogP contribution in [0.4, 0.5) is 4.39 Å². The van der Waals surface area contributed by atoms with Gasteiger partial charge in [0.15, 0.2) is 0 Å². The molecule has 5 heteroatoms. The van der Waals surface area contributed by atoms with Crippen LogP contribution in [0.5, 0.6) is 0 Å². The van der Waals surface area contributed by atoms with Crippen LogP contribution in [0, 0.1) is 11.7 Å². The molecule has 2 atom stereocenters. The molecule has 0 aliphatic carbocycles. The molecule has 0 saturated heterocycles. The van der Waals surface area contributed by atoms with Gasteiger partial charge in [-0.25, -0.2) is 9.18 Å². The second kappa shape index (κ2) is 6.31. The van der Waals surface area contributed by atoms with Gasteiger partial charge in [-0.05, 0) is 24.1 Å². The number of hydrogen-bond acceptors (Lipinski definition) is 2. The third kappa shape index (κ3) is 3.53.